The molecule has 1 aromatic heterocycles. The van der Waals surface area contributed by atoms with Crippen LogP contribution in [-0.4, -0.2) is 40.5 Å². The molecule has 7 nitrogen and oxygen atoms in total. The summed E-state index contributed by atoms with van der Waals surface area (Å²) >= 11 is 6.29. The maximum absolute atomic E-state index is 13.1. The number of rotatable bonds is 9. The second-order valence-electron chi connectivity index (χ2n) is 6.45. The van der Waals surface area contributed by atoms with Crippen LogP contribution >= 0.6 is 11.6 Å². The zero-order valence-corrected chi connectivity index (χ0v) is 18.2. The van der Waals surface area contributed by atoms with Crippen LogP contribution in [0.4, 0.5) is 13.2 Å². The standard InChI is InChI=1S/C21H22ClF3N4O3/c1-4-6-17(22)16(5-2)19-27-28(13-18(30)26-11-12-32-3)20(31)29(19)15-9-7-14(8-10-15)21(23,24)25/h4-10H,2,11-13H2,1,3H3,(H,26,30)/b6-4+,17-16-. The third-order valence-corrected chi connectivity index (χ3v) is 4.56. The van der Waals surface area contributed by atoms with Crippen molar-refractivity contribution in [3.8, 4) is 5.69 Å². The molecule has 2 rings (SSSR count). The molecule has 1 heterocycles. The molecular weight excluding hydrogens is 449 g/mol. The van der Waals surface area contributed by atoms with Crippen molar-refractivity contribution in [1.82, 2.24) is 19.7 Å². The van der Waals surface area contributed by atoms with E-state index in [4.69, 9.17) is 16.3 Å². The molecule has 2 aromatic rings. The molecule has 0 fully saturated rings. The number of nitrogens with zero attached hydrogens (tertiary/aromatic N) is 3. The third-order valence-electron chi connectivity index (χ3n) is 4.23. The number of allylic oxidation sites excluding steroid dienone is 5. The van der Waals surface area contributed by atoms with Crippen LogP contribution in [0.2, 0.25) is 0 Å². The van der Waals surface area contributed by atoms with Gasteiger partial charge < -0.3 is 10.1 Å². The minimum absolute atomic E-state index is 0.0255. The Kier molecular flexibility index (Phi) is 8.62. The number of methoxy groups -OCH3 is 1. The Hall–Kier alpha value is -3.11. The lowest BCUT2D eigenvalue weighted by molar-refractivity contribution is -0.137. The predicted molar refractivity (Wildman–Crippen MR) is 115 cm³/mol. The fraction of sp³-hybridized carbons (Fsp3) is 0.286. The van der Waals surface area contributed by atoms with E-state index in [-0.39, 0.29) is 35.3 Å². The van der Waals surface area contributed by atoms with Crippen LogP contribution in [0, 0.1) is 0 Å². The molecule has 0 unspecified atom stereocenters. The minimum atomic E-state index is -4.53. The number of carbonyl (C=O) groups is 1. The highest BCUT2D eigenvalue weighted by molar-refractivity contribution is 6.34. The van der Waals surface area contributed by atoms with Gasteiger partial charge >= 0.3 is 11.9 Å². The molecule has 0 saturated carbocycles. The number of carbonyl (C=O) groups excluding carboxylic acids is 1. The lowest BCUT2D eigenvalue weighted by Crippen LogP contribution is -2.34. The van der Waals surface area contributed by atoms with Crippen molar-refractivity contribution in [2.45, 2.75) is 19.6 Å². The number of ether oxygens (including phenoxy) is 1. The Balaban J connectivity index is 2.61. The van der Waals surface area contributed by atoms with E-state index >= 15 is 0 Å². The number of hydrogen-bond donors (Lipinski definition) is 1. The molecule has 0 aliphatic rings. The summed E-state index contributed by atoms with van der Waals surface area (Å²) in [4.78, 5) is 25.2. The molecular formula is C21H22ClF3N4O3. The smallest absolute Gasteiger partial charge is 0.383 e. The van der Waals surface area contributed by atoms with Gasteiger partial charge in [0.25, 0.3) is 0 Å². The van der Waals surface area contributed by atoms with Gasteiger partial charge in [0.1, 0.15) is 6.54 Å². The van der Waals surface area contributed by atoms with Crippen LogP contribution in [0.5, 0.6) is 0 Å². The maximum Gasteiger partial charge on any atom is 0.416 e. The number of nitrogens with one attached hydrogen (secondary N) is 1. The summed E-state index contributed by atoms with van der Waals surface area (Å²) in [7, 11) is 1.48. The van der Waals surface area contributed by atoms with E-state index < -0.39 is 29.9 Å². The van der Waals surface area contributed by atoms with Gasteiger partial charge in [-0.05, 0) is 37.3 Å². The number of benzene rings is 1. The molecule has 1 amide bonds. The molecule has 0 aliphatic carbocycles. The third kappa shape index (κ3) is 5.98. The number of hydrogen-bond acceptors (Lipinski definition) is 4. The lowest BCUT2D eigenvalue weighted by atomic mass is 10.1. The highest BCUT2D eigenvalue weighted by Gasteiger charge is 2.30. The fourth-order valence-electron chi connectivity index (χ4n) is 2.73. The Morgan fingerprint density at radius 3 is 2.50 bits per heavy atom. The van der Waals surface area contributed by atoms with Gasteiger partial charge in [0.15, 0.2) is 5.82 Å². The van der Waals surface area contributed by atoms with E-state index in [1.807, 2.05) is 0 Å². The van der Waals surface area contributed by atoms with E-state index in [1.54, 1.807) is 19.1 Å². The van der Waals surface area contributed by atoms with Crippen LogP contribution in [0.15, 0.2) is 58.9 Å². The van der Waals surface area contributed by atoms with Gasteiger partial charge in [-0.25, -0.2) is 14.0 Å². The first-order chi connectivity index (χ1) is 15.1. The molecule has 11 heteroatoms. The summed E-state index contributed by atoms with van der Waals surface area (Å²) in [5.74, 6) is -0.464. The average molecular weight is 471 g/mol. The van der Waals surface area contributed by atoms with Crippen molar-refractivity contribution in [3.63, 3.8) is 0 Å². The number of alkyl halides is 3. The van der Waals surface area contributed by atoms with Gasteiger partial charge in [0, 0.05) is 19.2 Å². The van der Waals surface area contributed by atoms with Crippen molar-refractivity contribution >= 4 is 23.1 Å². The fourth-order valence-corrected chi connectivity index (χ4v) is 3.02. The molecule has 0 aliphatic heterocycles. The van der Waals surface area contributed by atoms with Crippen LogP contribution < -0.4 is 11.0 Å². The van der Waals surface area contributed by atoms with Crippen molar-refractivity contribution in [3.05, 3.63) is 76.0 Å². The van der Waals surface area contributed by atoms with E-state index in [2.05, 4.69) is 17.0 Å². The summed E-state index contributed by atoms with van der Waals surface area (Å²) in [5.41, 5.74) is -1.22. The quantitative estimate of drug-likeness (QED) is 0.449. The number of aromatic nitrogens is 3. The Bertz CT molecular complexity index is 1080. The zero-order valence-electron chi connectivity index (χ0n) is 17.4. The van der Waals surface area contributed by atoms with E-state index in [0.717, 1.165) is 33.5 Å². The van der Waals surface area contributed by atoms with Gasteiger partial charge in [-0.3, -0.25) is 4.79 Å². The molecule has 0 spiro atoms. The second-order valence-corrected chi connectivity index (χ2v) is 6.86. The summed E-state index contributed by atoms with van der Waals surface area (Å²) in [6, 6.07) is 3.99. The molecule has 0 saturated heterocycles. The molecule has 0 radical (unpaired) electrons. The topological polar surface area (TPSA) is 78.2 Å². The second kappa shape index (κ2) is 11.0. The summed E-state index contributed by atoms with van der Waals surface area (Å²) in [5, 5.41) is 6.98. The monoisotopic (exact) mass is 470 g/mol. The first kappa shape index (κ1) is 25.2. The lowest BCUT2D eigenvalue weighted by Gasteiger charge is -2.10. The molecule has 1 N–H and O–H groups in total. The normalized spacial score (nSPS) is 12.7. The van der Waals surface area contributed by atoms with Crippen LogP contribution in [-0.2, 0) is 22.3 Å². The number of halogens is 4. The van der Waals surface area contributed by atoms with Crippen molar-refractivity contribution in [2.75, 3.05) is 20.3 Å². The first-order valence-corrected chi connectivity index (χ1v) is 9.80. The molecule has 172 valence electrons. The summed E-state index contributed by atoms with van der Waals surface area (Å²) in [6.07, 6.45) is 0.0507. The minimum Gasteiger partial charge on any atom is -0.383 e. The molecule has 32 heavy (non-hydrogen) atoms. The zero-order chi connectivity index (χ0) is 23.9. The van der Waals surface area contributed by atoms with Crippen LogP contribution in [0.25, 0.3) is 11.3 Å². The largest absolute Gasteiger partial charge is 0.416 e. The van der Waals surface area contributed by atoms with Crippen LogP contribution in [0.1, 0.15) is 18.3 Å². The average Bonchev–Trinajstić information content (AvgIpc) is 3.04. The van der Waals surface area contributed by atoms with Gasteiger partial charge in [-0.15, -0.1) is 5.10 Å². The van der Waals surface area contributed by atoms with E-state index in [0.29, 0.717) is 0 Å². The molecule has 0 atom stereocenters. The van der Waals surface area contributed by atoms with Gasteiger partial charge in [0.2, 0.25) is 5.91 Å². The summed E-state index contributed by atoms with van der Waals surface area (Å²) < 4.78 is 45.7. The Morgan fingerprint density at radius 2 is 1.97 bits per heavy atom. The van der Waals surface area contributed by atoms with Crippen molar-refractivity contribution < 1.29 is 22.7 Å². The van der Waals surface area contributed by atoms with Gasteiger partial charge in [-0.2, -0.15) is 13.2 Å². The summed E-state index contributed by atoms with van der Waals surface area (Å²) in [6.45, 7) is 5.54. The van der Waals surface area contributed by atoms with Crippen molar-refractivity contribution in [1.29, 1.82) is 0 Å². The SMILES string of the molecule is C=C/C(=C(Cl)\C=C\C)c1nn(CC(=O)NCCOC)c(=O)n1-c1ccc(C(F)(F)F)cc1. The number of amides is 1. The Morgan fingerprint density at radius 1 is 1.31 bits per heavy atom. The van der Waals surface area contributed by atoms with Crippen LogP contribution in [0.3, 0.4) is 0 Å². The van der Waals surface area contributed by atoms with E-state index in [9.17, 15) is 22.8 Å². The molecule has 0 bridgehead atoms. The van der Waals surface area contributed by atoms with E-state index in [1.165, 1.54) is 13.2 Å². The molecule has 1 aromatic carbocycles. The van der Waals surface area contributed by atoms with Crippen molar-refractivity contribution in [2.24, 2.45) is 0 Å². The predicted octanol–water partition coefficient (Wildman–Crippen LogP) is 3.53. The van der Waals surface area contributed by atoms with Gasteiger partial charge in [-0.1, -0.05) is 30.3 Å². The highest BCUT2D eigenvalue weighted by atomic mass is 35.5. The highest BCUT2D eigenvalue weighted by Crippen LogP contribution is 2.30. The Labute approximate surface area is 187 Å². The van der Waals surface area contributed by atoms with Gasteiger partial charge in [0.05, 0.1) is 22.9 Å². The first-order valence-electron chi connectivity index (χ1n) is 9.42. The maximum atomic E-state index is 13.1.